The lowest BCUT2D eigenvalue weighted by atomic mass is 9.82. The zero-order valence-corrected chi connectivity index (χ0v) is 12.8. The molecule has 0 saturated carbocycles. The van der Waals surface area contributed by atoms with Crippen molar-refractivity contribution in [1.82, 2.24) is 0 Å². The summed E-state index contributed by atoms with van der Waals surface area (Å²) in [6, 6.07) is 6.45. The molecule has 2 unspecified atom stereocenters. The van der Waals surface area contributed by atoms with Crippen molar-refractivity contribution in [2.75, 3.05) is 5.32 Å². The predicted molar refractivity (Wildman–Crippen MR) is 82.9 cm³/mol. The lowest BCUT2D eigenvalue weighted by Gasteiger charge is -2.25. The zero-order valence-electron chi connectivity index (χ0n) is 12.0. The van der Waals surface area contributed by atoms with Gasteiger partial charge in [0.25, 0.3) is 0 Å². The third-order valence-electron chi connectivity index (χ3n) is 3.71. The van der Waals surface area contributed by atoms with Crippen LogP contribution in [0.15, 0.2) is 35.4 Å². The summed E-state index contributed by atoms with van der Waals surface area (Å²) >= 11 is 5.93. The fourth-order valence-electron chi connectivity index (χ4n) is 2.43. The molecular weight excluding hydrogens is 306 g/mol. The molecule has 1 aliphatic rings. The predicted octanol–water partition coefficient (Wildman–Crippen LogP) is 3.06. The molecule has 0 spiro atoms. The Morgan fingerprint density at radius 1 is 1.18 bits per heavy atom. The topological polar surface area (TPSA) is 83.5 Å². The number of halogens is 1. The van der Waals surface area contributed by atoms with Crippen LogP contribution in [0.3, 0.4) is 0 Å². The largest absolute Gasteiger partial charge is 0.481 e. The number of amides is 1. The molecule has 1 aromatic carbocycles. The van der Waals surface area contributed by atoms with Crippen molar-refractivity contribution in [3.05, 3.63) is 40.9 Å². The lowest BCUT2D eigenvalue weighted by Crippen LogP contribution is -2.35. The summed E-state index contributed by atoms with van der Waals surface area (Å²) < 4.78 is 0. The lowest BCUT2D eigenvalue weighted by molar-refractivity contribution is -0.146. The molecule has 2 atom stereocenters. The van der Waals surface area contributed by atoms with E-state index in [0.29, 0.717) is 16.3 Å². The van der Waals surface area contributed by atoms with Crippen LogP contribution in [0.1, 0.15) is 30.1 Å². The first-order valence-electron chi connectivity index (χ1n) is 6.87. The molecule has 0 bridgehead atoms. The Morgan fingerprint density at radius 3 is 2.36 bits per heavy atom. The van der Waals surface area contributed by atoms with Crippen LogP contribution in [0.2, 0.25) is 0 Å². The summed E-state index contributed by atoms with van der Waals surface area (Å²) in [4.78, 5) is 34.8. The number of hydrogen-bond donors (Lipinski definition) is 2. The molecule has 0 saturated heterocycles. The third-order valence-corrected chi connectivity index (χ3v) is 4.02. The van der Waals surface area contributed by atoms with Gasteiger partial charge in [0.15, 0.2) is 5.78 Å². The second kappa shape index (κ2) is 6.75. The fourth-order valence-corrected chi connectivity index (χ4v) is 2.68. The number of carboxylic acids is 1. The molecule has 5 nitrogen and oxygen atoms in total. The van der Waals surface area contributed by atoms with Gasteiger partial charge in [-0.1, -0.05) is 17.7 Å². The van der Waals surface area contributed by atoms with E-state index in [9.17, 15) is 19.5 Å². The number of benzene rings is 1. The monoisotopic (exact) mass is 321 g/mol. The molecule has 0 fully saturated rings. The van der Waals surface area contributed by atoms with E-state index < -0.39 is 17.8 Å². The van der Waals surface area contributed by atoms with Crippen LogP contribution in [0.25, 0.3) is 0 Å². The first kappa shape index (κ1) is 16.2. The van der Waals surface area contributed by atoms with Gasteiger partial charge in [0.2, 0.25) is 5.91 Å². The van der Waals surface area contributed by atoms with E-state index in [2.05, 4.69) is 5.32 Å². The molecule has 0 aliphatic heterocycles. The van der Waals surface area contributed by atoms with Crippen molar-refractivity contribution in [2.24, 2.45) is 11.8 Å². The van der Waals surface area contributed by atoms with E-state index in [0.717, 1.165) is 0 Å². The number of aliphatic carboxylic acids is 1. The van der Waals surface area contributed by atoms with Gasteiger partial charge in [-0.15, -0.1) is 0 Å². The molecule has 0 heterocycles. The average Bonchev–Trinajstić information content (AvgIpc) is 2.47. The van der Waals surface area contributed by atoms with Crippen molar-refractivity contribution >= 4 is 34.9 Å². The van der Waals surface area contributed by atoms with Crippen molar-refractivity contribution in [3.8, 4) is 0 Å². The van der Waals surface area contributed by atoms with Crippen molar-refractivity contribution in [2.45, 2.75) is 19.8 Å². The van der Waals surface area contributed by atoms with Crippen molar-refractivity contribution < 1.29 is 19.5 Å². The van der Waals surface area contributed by atoms with E-state index in [-0.39, 0.29) is 24.5 Å². The maximum absolute atomic E-state index is 12.3. The Balaban J connectivity index is 2.11. The molecule has 1 aliphatic carbocycles. The van der Waals surface area contributed by atoms with E-state index in [4.69, 9.17) is 11.6 Å². The Hall–Kier alpha value is -2.14. The summed E-state index contributed by atoms with van der Waals surface area (Å²) in [5.74, 6) is -2.93. The second-order valence-electron chi connectivity index (χ2n) is 5.26. The first-order valence-corrected chi connectivity index (χ1v) is 7.25. The molecule has 0 radical (unpaired) electrons. The number of carboxylic acid groups (broad SMARTS) is 1. The van der Waals surface area contributed by atoms with Gasteiger partial charge in [-0.05, 0) is 44.0 Å². The van der Waals surface area contributed by atoms with Gasteiger partial charge in [-0.25, -0.2) is 0 Å². The quantitative estimate of drug-likeness (QED) is 0.835. The summed E-state index contributed by atoms with van der Waals surface area (Å²) in [6.07, 6.45) is 2.11. The van der Waals surface area contributed by atoms with Crippen LogP contribution in [0.4, 0.5) is 5.69 Å². The van der Waals surface area contributed by atoms with Crippen LogP contribution in [0, 0.1) is 11.8 Å². The molecule has 0 aromatic heterocycles. The molecule has 6 heteroatoms. The number of Topliss-reactive ketones (excluding diaryl/α,β-unsaturated/α-hetero) is 1. The summed E-state index contributed by atoms with van der Waals surface area (Å²) in [7, 11) is 0. The van der Waals surface area contributed by atoms with Gasteiger partial charge in [-0.2, -0.15) is 0 Å². The van der Waals surface area contributed by atoms with Gasteiger partial charge in [0.05, 0.1) is 11.8 Å². The SMILES string of the molecule is CC(=O)c1ccc(NC(=O)C2CC(Cl)=CCC2C(=O)O)cc1. The fraction of sp³-hybridized carbons (Fsp3) is 0.312. The van der Waals surface area contributed by atoms with E-state index in [1.165, 1.54) is 6.92 Å². The number of carbonyl (C=O) groups excluding carboxylic acids is 2. The number of anilines is 1. The molecule has 2 rings (SSSR count). The van der Waals surface area contributed by atoms with Gasteiger partial charge in [-0.3, -0.25) is 14.4 Å². The summed E-state index contributed by atoms with van der Waals surface area (Å²) in [6.45, 7) is 1.46. The highest BCUT2D eigenvalue weighted by Gasteiger charge is 2.36. The minimum absolute atomic E-state index is 0.0620. The van der Waals surface area contributed by atoms with E-state index in [1.54, 1.807) is 30.3 Å². The number of hydrogen-bond acceptors (Lipinski definition) is 3. The van der Waals surface area contributed by atoms with Crippen LogP contribution >= 0.6 is 11.6 Å². The Kier molecular flexibility index (Phi) is 4.98. The number of allylic oxidation sites excluding steroid dienone is 2. The highest BCUT2D eigenvalue weighted by atomic mass is 35.5. The zero-order chi connectivity index (χ0) is 16.3. The normalized spacial score (nSPS) is 20.9. The summed E-state index contributed by atoms with van der Waals surface area (Å²) in [5.41, 5.74) is 1.06. The van der Waals surface area contributed by atoms with Crippen molar-refractivity contribution in [1.29, 1.82) is 0 Å². The van der Waals surface area contributed by atoms with Crippen LogP contribution in [-0.2, 0) is 9.59 Å². The molecule has 2 N–H and O–H groups in total. The van der Waals surface area contributed by atoms with Gasteiger partial charge in [0.1, 0.15) is 0 Å². The Morgan fingerprint density at radius 2 is 1.82 bits per heavy atom. The number of nitrogens with one attached hydrogen (secondary N) is 1. The highest BCUT2D eigenvalue weighted by molar-refractivity contribution is 6.29. The van der Waals surface area contributed by atoms with Crippen LogP contribution in [0.5, 0.6) is 0 Å². The minimum atomic E-state index is -1.01. The van der Waals surface area contributed by atoms with Crippen molar-refractivity contribution in [3.63, 3.8) is 0 Å². The molecule has 22 heavy (non-hydrogen) atoms. The Bertz CT molecular complexity index is 636. The van der Waals surface area contributed by atoms with Gasteiger partial charge < -0.3 is 10.4 Å². The van der Waals surface area contributed by atoms with Gasteiger partial charge >= 0.3 is 5.97 Å². The van der Waals surface area contributed by atoms with E-state index >= 15 is 0 Å². The molecule has 116 valence electrons. The Labute approximate surface area is 133 Å². The third kappa shape index (κ3) is 3.74. The van der Waals surface area contributed by atoms with Crippen LogP contribution in [-0.4, -0.2) is 22.8 Å². The maximum Gasteiger partial charge on any atom is 0.307 e. The van der Waals surface area contributed by atoms with Gasteiger partial charge in [0, 0.05) is 16.3 Å². The van der Waals surface area contributed by atoms with E-state index in [1.807, 2.05) is 0 Å². The van der Waals surface area contributed by atoms with Crippen LogP contribution < -0.4 is 5.32 Å². The number of rotatable bonds is 4. The average molecular weight is 322 g/mol. The molecular formula is C16H16ClNO4. The first-order chi connectivity index (χ1) is 10.4. The highest BCUT2D eigenvalue weighted by Crippen LogP contribution is 2.32. The summed E-state index contributed by atoms with van der Waals surface area (Å²) in [5, 5.41) is 12.4. The molecule has 1 amide bonds. The minimum Gasteiger partial charge on any atom is -0.481 e. The molecule has 1 aromatic rings. The standard InChI is InChI=1S/C16H16ClNO4/c1-9(19)10-2-5-12(6-3-10)18-15(20)14-8-11(17)4-7-13(14)16(21)22/h2-6,13-14H,7-8H2,1H3,(H,18,20)(H,21,22). The smallest absolute Gasteiger partial charge is 0.307 e. The number of ketones is 1. The second-order valence-corrected chi connectivity index (χ2v) is 5.75. The number of carbonyl (C=O) groups is 3. The maximum atomic E-state index is 12.3.